The lowest BCUT2D eigenvalue weighted by atomic mass is 10.0. The molecule has 0 amide bonds. The summed E-state index contributed by atoms with van der Waals surface area (Å²) in [5.41, 5.74) is 1.24. The molecule has 1 aliphatic rings. The van der Waals surface area contributed by atoms with Crippen molar-refractivity contribution >= 4 is 5.57 Å². The molecule has 1 aromatic carbocycles. The lowest BCUT2D eigenvalue weighted by Crippen LogP contribution is -2.06. The van der Waals surface area contributed by atoms with Gasteiger partial charge in [-0.05, 0) is 24.5 Å². The SMILES string of the molecule is Fc1cc(-c2nc(C3=CC=CCC3)nc(-c3ccccc3)n2)c(F)nc1F. The molecule has 2 aromatic heterocycles. The van der Waals surface area contributed by atoms with E-state index in [4.69, 9.17) is 0 Å². The highest BCUT2D eigenvalue weighted by atomic mass is 19.2. The molecule has 27 heavy (non-hydrogen) atoms. The molecule has 0 fully saturated rings. The van der Waals surface area contributed by atoms with Gasteiger partial charge in [0.15, 0.2) is 23.3 Å². The first kappa shape index (κ1) is 17.1. The third-order valence-corrected chi connectivity index (χ3v) is 4.10. The Morgan fingerprint density at radius 2 is 1.52 bits per heavy atom. The number of allylic oxidation sites excluding steroid dienone is 4. The second-order valence-corrected chi connectivity index (χ2v) is 5.93. The fourth-order valence-corrected chi connectivity index (χ4v) is 2.75. The first-order valence-electron chi connectivity index (χ1n) is 8.31. The normalized spacial score (nSPS) is 13.5. The lowest BCUT2D eigenvalue weighted by Gasteiger charge is -2.11. The van der Waals surface area contributed by atoms with E-state index in [2.05, 4.69) is 19.9 Å². The fraction of sp³-hybridized carbons (Fsp3) is 0.100. The second-order valence-electron chi connectivity index (χ2n) is 5.93. The van der Waals surface area contributed by atoms with Crippen molar-refractivity contribution in [1.82, 2.24) is 19.9 Å². The molecular weight excluding hydrogens is 353 g/mol. The number of pyridine rings is 1. The molecule has 0 aliphatic heterocycles. The van der Waals surface area contributed by atoms with E-state index in [1.54, 1.807) is 12.1 Å². The minimum atomic E-state index is -1.51. The molecule has 2 heterocycles. The smallest absolute Gasteiger partial charge is 0.209 e. The predicted octanol–water partition coefficient (Wildman–Crippen LogP) is 4.75. The maximum atomic E-state index is 14.2. The Labute approximate surface area is 153 Å². The van der Waals surface area contributed by atoms with Gasteiger partial charge >= 0.3 is 0 Å². The number of hydrogen-bond donors (Lipinski definition) is 0. The van der Waals surface area contributed by atoms with Crippen molar-refractivity contribution in [3.63, 3.8) is 0 Å². The van der Waals surface area contributed by atoms with Gasteiger partial charge in [0.1, 0.15) is 0 Å². The van der Waals surface area contributed by atoms with Crippen LogP contribution in [0.4, 0.5) is 13.2 Å². The molecule has 4 nitrogen and oxygen atoms in total. The zero-order valence-corrected chi connectivity index (χ0v) is 14.0. The molecule has 0 saturated heterocycles. The zero-order chi connectivity index (χ0) is 18.8. The lowest BCUT2D eigenvalue weighted by molar-refractivity contribution is 0.449. The van der Waals surface area contributed by atoms with E-state index >= 15 is 0 Å². The van der Waals surface area contributed by atoms with Crippen molar-refractivity contribution in [3.8, 4) is 22.8 Å². The van der Waals surface area contributed by atoms with Gasteiger partial charge in [0.05, 0.1) is 5.56 Å². The molecule has 0 spiro atoms. The summed E-state index contributed by atoms with van der Waals surface area (Å²) in [6.45, 7) is 0. The standard InChI is InChI=1S/C20H13F3N4/c21-15-11-14(16(22)24-17(15)23)20-26-18(12-7-3-1-4-8-12)25-19(27-20)13-9-5-2-6-10-13/h1-5,7-9,11H,6,10H2. The summed E-state index contributed by atoms with van der Waals surface area (Å²) in [5, 5.41) is 0. The Bertz CT molecular complexity index is 1060. The summed E-state index contributed by atoms with van der Waals surface area (Å²) in [6, 6.07) is 9.80. The topological polar surface area (TPSA) is 51.6 Å². The molecule has 3 aromatic rings. The largest absolute Gasteiger partial charge is 0.251 e. The quantitative estimate of drug-likeness (QED) is 0.628. The van der Waals surface area contributed by atoms with Crippen LogP contribution < -0.4 is 0 Å². The van der Waals surface area contributed by atoms with Crippen molar-refractivity contribution in [2.24, 2.45) is 0 Å². The Balaban J connectivity index is 1.92. The number of halogens is 3. The van der Waals surface area contributed by atoms with Gasteiger partial charge in [0.25, 0.3) is 5.95 Å². The van der Waals surface area contributed by atoms with Crippen LogP contribution >= 0.6 is 0 Å². The number of aromatic nitrogens is 4. The van der Waals surface area contributed by atoms with Crippen molar-refractivity contribution in [1.29, 1.82) is 0 Å². The molecule has 0 N–H and O–H groups in total. The van der Waals surface area contributed by atoms with E-state index in [9.17, 15) is 13.2 Å². The van der Waals surface area contributed by atoms with Gasteiger partial charge in [0, 0.05) is 5.56 Å². The number of hydrogen-bond acceptors (Lipinski definition) is 4. The summed E-state index contributed by atoms with van der Waals surface area (Å²) < 4.78 is 41.0. The summed E-state index contributed by atoms with van der Waals surface area (Å²) >= 11 is 0. The van der Waals surface area contributed by atoms with Crippen molar-refractivity contribution in [2.75, 3.05) is 0 Å². The van der Waals surface area contributed by atoms with E-state index in [1.807, 2.05) is 36.4 Å². The van der Waals surface area contributed by atoms with Gasteiger partial charge in [-0.1, -0.05) is 48.6 Å². The molecule has 0 atom stereocenters. The van der Waals surface area contributed by atoms with Crippen molar-refractivity contribution in [3.05, 3.63) is 78.2 Å². The second kappa shape index (κ2) is 7.11. The summed E-state index contributed by atoms with van der Waals surface area (Å²) in [4.78, 5) is 16.0. The molecule has 0 unspecified atom stereocenters. The number of benzene rings is 1. The summed E-state index contributed by atoms with van der Waals surface area (Å²) in [5.74, 6) is -3.37. The number of nitrogens with zero attached hydrogens (tertiary/aromatic N) is 4. The number of rotatable bonds is 3. The molecule has 0 radical (unpaired) electrons. The average molecular weight is 366 g/mol. The summed E-state index contributed by atoms with van der Waals surface area (Å²) in [6.07, 6.45) is 7.32. The monoisotopic (exact) mass is 366 g/mol. The molecule has 1 aliphatic carbocycles. The van der Waals surface area contributed by atoms with Gasteiger partial charge in [-0.15, -0.1) is 0 Å². The highest BCUT2D eigenvalue weighted by Gasteiger charge is 2.19. The predicted molar refractivity (Wildman–Crippen MR) is 94.7 cm³/mol. The van der Waals surface area contributed by atoms with Gasteiger partial charge in [0.2, 0.25) is 5.95 Å². The summed E-state index contributed by atoms with van der Waals surface area (Å²) in [7, 11) is 0. The van der Waals surface area contributed by atoms with Crippen LogP contribution in [0.25, 0.3) is 28.3 Å². The van der Waals surface area contributed by atoms with Crippen molar-refractivity contribution < 1.29 is 13.2 Å². The molecule has 7 heteroatoms. The Morgan fingerprint density at radius 1 is 0.778 bits per heavy atom. The van der Waals surface area contributed by atoms with Crippen LogP contribution in [-0.4, -0.2) is 19.9 Å². The van der Waals surface area contributed by atoms with Gasteiger partial charge in [-0.3, -0.25) is 0 Å². The Kier molecular flexibility index (Phi) is 4.50. The van der Waals surface area contributed by atoms with Crippen LogP contribution in [0.3, 0.4) is 0 Å². The van der Waals surface area contributed by atoms with Crippen LogP contribution in [0.1, 0.15) is 18.7 Å². The minimum absolute atomic E-state index is 0.0989. The first-order valence-corrected chi connectivity index (χ1v) is 8.31. The van der Waals surface area contributed by atoms with E-state index < -0.39 is 17.7 Å². The third-order valence-electron chi connectivity index (χ3n) is 4.10. The maximum absolute atomic E-state index is 14.2. The van der Waals surface area contributed by atoms with Crippen molar-refractivity contribution in [2.45, 2.75) is 12.8 Å². The molecule has 0 saturated carbocycles. The van der Waals surface area contributed by atoms with Gasteiger partial charge < -0.3 is 0 Å². The minimum Gasteiger partial charge on any atom is -0.209 e. The van der Waals surface area contributed by atoms with E-state index in [1.165, 1.54) is 0 Å². The maximum Gasteiger partial charge on any atom is 0.251 e. The molecule has 0 bridgehead atoms. The van der Waals surface area contributed by atoms with E-state index in [0.717, 1.165) is 12.0 Å². The van der Waals surface area contributed by atoms with Crippen LogP contribution in [0, 0.1) is 17.7 Å². The van der Waals surface area contributed by atoms with Crippen LogP contribution in [0.5, 0.6) is 0 Å². The van der Waals surface area contributed by atoms with Crippen LogP contribution in [0.2, 0.25) is 0 Å². The van der Waals surface area contributed by atoms with E-state index in [0.29, 0.717) is 29.7 Å². The molecular formula is C20H13F3N4. The Hall–Kier alpha value is -3.35. The zero-order valence-electron chi connectivity index (χ0n) is 14.0. The average Bonchev–Trinajstić information content (AvgIpc) is 2.72. The molecule has 4 rings (SSSR count). The van der Waals surface area contributed by atoms with Gasteiger partial charge in [-0.25, -0.2) is 19.3 Å². The highest BCUT2D eigenvalue weighted by molar-refractivity contribution is 5.68. The van der Waals surface area contributed by atoms with Crippen LogP contribution in [0.15, 0.2) is 54.6 Å². The van der Waals surface area contributed by atoms with E-state index in [-0.39, 0.29) is 11.4 Å². The van der Waals surface area contributed by atoms with Gasteiger partial charge in [-0.2, -0.15) is 13.8 Å². The fourth-order valence-electron chi connectivity index (χ4n) is 2.75. The molecule has 134 valence electrons. The highest BCUT2D eigenvalue weighted by Crippen LogP contribution is 2.27. The Morgan fingerprint density at radius 3 is 2.26 bits per heavy atom. The third kappa shape index (κ3) is 3.48. The van der Waals surface area contributed by atoms with Crippen LogP contribution in [-0.2, 0) is 0 Å². The first-order chi connectivity index (χ1) is 13.1.